The van der Waals surface area contributed by atoms with Gasteiger partial charge in [-0.25, -0.2) is 8.42 Å². The lowest BCUT2D eigenvalue weighted by Gasteiger charge is -2.09. The normalized spacial score (nSPS) is 11.6. The molecule has 1 amide bonds. The first kappa shape index (κ1) is 16.7. The Hall–Kier alpha value is -1.40. The molecule has 0 aliphatic rings. The topological polar surface area (TPSA) is 75.3 Å². The molecule has 0 spiro atoms. The SMILES string of the molecule is CC(C)NC(=O)CCNCc1ccc(S(C)(=O)=O)cc1. The summed E-state index contributed by atoms with van der Waals surface area (Å²) in [6.45, 7) is 5.05. The monoisotopic (exact) mass is 298 g/mol. The van der Waals surface area contributed by atoms with Crippen molar-refractivity contribution in [2.24, 2.45) is 0 Å². The number of sulfone groups is 1. The van der Waals surface area contributed by atoms with Crippen LogP contribution in [-0.2, 0) is 21.2 Å². The van der Waals surface area contributed by atoms with Crippen LogP contribution < -0.4 is 10.6 Å². The van der Waals surface area contributed by atoms with E-state index in [-0.39, 0.29) is 11.9 Å². The number of nitrogens with one attached hydrogen (secondary N) is 2. The van der Waals surface area contributed by atoms with Crippen LogP contribution in [0.2, 0.25) is 0 Å². The van der Waals surface area contributed by atoms with Gasteiger partial charge in [-0.15, -0.1) is 0 Å². The minimum absolute atomic E-state index is 0.0277. The number of hydrogen-bond donors (Lipinski definition) is 2. The van der Waals surface area contributed by atoms with Crippen molar-refractivity contribution in [1.82, 2.24) is 10.6 Å². The average Bonchev–Trinajstić information content (AvgIpc) is 2.33. The standard InChI is InChI=1S/C14H22N2O3S/c1-11(2)16-14(17)8-9-15-10-12-4-6-13(7-5-12)20(3,18)19/h4-7,11,15H,8-10H2,1-3H3,(H,16,17). The Labute approximate surface area is 120 Å². The zero-order valence-electron chi connectivity index (χ0n) is 12.1. The quantitative estimate of drug-likeness (QED) is 0.739. The molecule has 0 heterocycles. The van der Waals surface area contributed by atoms with Gasteiger partial charge in [0.15, 0.2) is 9.84 Å². The number of rotatable bonds is 7. The highest BCUT2D eigenvalue weighted by atomic mass is 32.2. The third kappa shape index (κ3) is 6.16. The maximum Gasteiger partial charge on any atom is 0.221 e. The van der Waals surface area contributed by atoms with E-state index >= 15 is 0 Å². The molecule has 1 aromatic rings. The first-order chi connectivity index (χ1) is 9.29. The summed E-state index contributed by atoms with van der Waals surface area (Å²) in [5.41, 5.74) is 0.988. The van der Waals surface area contributed by atoms with Gasteiger partial charge in [0.2, 0.25) is 5.91 Å². The maximum absolute atomic E-state index is 11.4. The van der Waals surface area contributed by atoms with Gasteiger partial charge >= 0.3 is 0 Å². The molecule has 0 saturated heterocycles. The molecule has 0 fully saturated rings. The molecule has 20 heavy (non-hydrogen) atoms. The molecule has 0 atom stereocenters. The highest BCUT2D eigenvalue weighted by molar-refractivity contribution is 7.90. The summed E-state index contributed by atoms with van der Waals surface area (Å²) in [6.07, 6.45) is 1.62. The largest absolute Gasteiger partial charge is 0.354 e. The summed E-state index contributed by atoms with van der Waals surface area (Å²) < 4.78 is 22.6. The second kappa shape index (κ2) is 7.40. The van der Waals surface area contributed by atoms with Crippen LogP contribution in [0.25, 0.3) is 0 Å². The minimum Gasteiger partial charge on any atom is -0.354 e. The highest BCUT2D eigenvalue weighted by Crippen LogP contribution is 2.09. The predicted octanol–water partition coefficient (Wildman–Crippen LogP) is 1.09. The summed E-state index contributed by atoms with van der Waals surface area (Å²) in [6, 6.07) is 6.90. The van der Waals surface area contributed by atoms with Crippen LogP contribution in [0.3, 0.4) is 0 Å². The van der Waals surface area contributed by atoms with E-state index < -0.39 is 9.84 Å². The molecule has 2 N–H and O–H groups in total. The summed E-state index contributed by atoms with van der Waals surface area (Å²) in [5.74, 6) is 0.0277. The maximum atomic E-state index is 11.4. The molecule has 5 nitrogen and oxygen atoms in total. The van der Waals surface area contributed by atoms with E-state index in [1.54, 1.807) is 24.3 Å². The van der Waals surface area contributed by atoms with Gasteiger partial charge < -0.3 is 10.6 Å². The van der Waals surface area contributed by atoms with Crippen LogP contribution >= 0.6 is 0 Å². The van der Waals surface area contributed by atoms with Gasteiger partial charge in [0.05, 0.1) is 4.90 Å². The summed E-state index contributed by atoms with van der Waals surface area (Å²) in [5, 5.41) is 5.97. The molecule has 6 heteroatoms. The Kier molecular flexibility index (Phi) is 6.16. The number of hydrogen-bond acceptors (Lipinski definition) is 4. The zero-order chi connectivity index (χ0) is 15.2. The fourth-order valence-corrected chi connectivity index (χ4v) is 2.31. The van der Waals surface area contributed by atoms with Crippen molar-refractivity contribution in [1.29, 1.82) is 0 Å². The van der Waals surface area contributed by atoms with Crippen molar-refractivity contribution in [3.05, 3.63) is 29.8 Å². The molecule has 0 unspecified atom stereocenters. The molecule has 0 bridgehead atoms. The van der Waals surface area contributed by atoms with Gasteiger partial charge in [-0.1, -0.05) is 12.1 Å². The van der Waals surface area contributed by atoms with Crippen LogP contribution in [0.5, 0.6) is 0 Å². The lowest BCUT2D eigenvalue weighted by molar-refractivity contribution is -0.121. The molecule has 0 radical (unpaired) electrons. The van der Waals surface area contributed by atoms with E-state index in [1.165, 1.54) is 6.26 Å². The fraction of sp³-hybridized carbons (Fsp3) is 0.500. The fourth-order valence-electron chi connectivity index (χ4n) is 1.68. The van der Waals surface area contributed by atoms with Gasteiger partial charge in [-0.2, -0.15) is 0 Å². The number of carbonyl (C=O) groups excluding carboxylic acids is 1. The number of amides is 1. The van der Waals surface area contributed by atoms with Crippen LogP contribution in [-0.4, -0.2) is 33.2 Å². The first-order valence-corrected chi connectivity index (χ1v) is 8.47. The molecule has 112 valence electrons. The molecule has 0 aromatic heterocycles. The number of benzene rings is 1. The van der Waals surface area contributed by atoms with Gasteiger partial charge in [0, 0.05) is 31.8 Å². The lowest BCUT2D eigenvalue weighted by Crippen LogP contribution is -2.32. The van der Waals surface area contributed by atoms with Crippen molar-refractivity contribution < 1.29 is 13.2 Å². The van der Waals surface area contributed by atoms with E-state index in [0.29, 0.717) is 24.4 Å². The van der Waals surface area contributed by atoms with E-state index in [9.17, 15) is 13.2 Å². The predicted molar refractivity (Wildman–Crippen MR) is 79.2 cm³/mol. The molecule has 1 rings (SSSR count). The van der Waals surface area contributed by atoms with Crippen molar-refractivity contribution >= 4 is 15.7 Å². The average molecular weight is 298 g/mol. The number of carbonyl (C=O) groups is 1. The molecule has 1 aromatic carbocycles. The molecule has 0 saturated carbocycles. The Bertz CT molecular complexity index is 536. The van der Waals surface area contributed by atoms with Gasteiger partial charge in [-0.05, 0) is 31.5 Å². The van der Waals surface area contributed by atoms with Crippen LogP contribution in [0.15, 0.2) is 29.2 Å². The molecule has 0 aliphatic heterocycles. The van der Waals surface area contributed by atoms with Crippen LogP contribution in [0.1, 0.15) is 25.8 Å². The summed E-state index contributed by atoms with van der Waals surface area (Å²) in [7, 11) is -3.14. The van der Waals surface area contributed by atoms with E-state index in [0.717, 1.165) is 5.56 Å². The van der Waals surface area contributed by atoms with Crippen LogP contribution in [0, 0.1) is 0 Å². The Morgan fingerprint density at radius 2 is 1.80 bits per heavy atom. The Morgan fingerprint density at radius 3 is 2.30 bits per heavy atom. The second-order valence-electron chi connectivity index (χ2n) is 5.07. The van der Waals surface area contributed by atoms with E-state index in [2.05, 4.69) is 10.6 Å². The Balaban J connectivity index is 2.34. The van der Waals surface area contributed by atoms with Crippen molar-refractivity contribution in [2.75, 3.05) is 12.8 Å². The third-order valence-corrected chi connectivity index (χ3v) is 3.79. The third-order valence-electron chi connectivity index (χ3n) is 2.66. The van der Waals surface area contributed by atoms with Gasteiger partial charge in [-0.3, -0.25) is 4.79 Å². The molecule has 0 aliphatic carbocycles. The first-order valence-electron chi connectivity index (χ1n) is 6.58. The van der Waals surface area contributed by atoms with E-state index in [1.807, 2.05) is 13.8 Å². The van der Waals surface area contributed by atoms with E-state index in [4.69, 9.17) is 0 Å². The minimum atomic E-state index is -3.14. The summed E-state index contributed by atoms with van der Waals surface area (Å²) >= 11 is 0. The van der Waals surface area contributed by atoms with Crippen molar-refractivity contribution in [3.63, 3.8) is 0 Å². The smallest absolute Gasteiger partial charge is 0.221 e. The lowest BCUT2D eigenvalue weighted by atomic mass is 10.2. The molecular weight excluding hydrogens is 276 g/mol. The van der Waals surface area contributed by atoms with Gasteiger partial charge in [0.1, 0.15) is 0 Å². The zero-order valence-corrected chi connectivity index (χ0v) is 13.0. The molecular formula is C14H22N2O3S. The van der Waals surface area contributed by atoms with Crippen molar-refractivity contribution in [3.8, 4) is 0 Å². The van der Waals surface area contributed by atoms with Crippen molar-refractivity contribution in [2.45, 2.75) is 37.8 Å². The van der Waals surface area contributed by atoms with Gasteiger partial charge in [0.25, 0.3) is 0 Å². The highest BCUT2D eigenvalue weighted by Gasteiger charge is 2.06. The van der Waals surface area contributed by atoms with Crippen LogP contribution in [0.4, 0.5) is 0 Å². The Morgan fingerprint density at radius 1 is 1.20 bits per heavy atom. The second-order valence-corrected chi connectivity index (χ2v) is 7.08. The summed E-state index contributed by atoms with van der Waals surface area (Å²) in [4.78, 5) is 11.7.